The molecule has 2 rings (SSSR count). The number of nitrogens with zero attached hydrogens (tertiary/aromatic N) is 1. The molecule has 0 amide bonds. The van der Waals surface area contributed by atoms with Crippen molar-refractivity contribution in [2.75, 3.05) is 33.8 Å². The number of likely N-dealkylation sites (N-methyl/N-ethyl adjacent to an activating group) is 1. The number of benzene rings is 1. The van der Waals surface area contributed by atoms with E-state index in [1.165, 1.54) is 43.4 Å². The van der Waals surface area contributed by atoms with Crippen molar-refractivity contribution in [3.8, 4) is 0 Å². The van der Waals surface area contributed by atoms with E-state index in [9.17, 15) is 0 Å². The molecule has 0 aliphatic carbocycles. The van der Waals surface area contributed by atoms with Gasteiger partial charge >= 0.3 is 0 Å². The zero-order valence-electron chi connectivity index (χ0n) is 13.8. The fraction of sp³-hybridized carbons (Fsp3) is 0.667. The van der Waals surface area contributed by atoms with Crippen molar-refractivity contribution in [3.05, 3.63) is 35.4 Å². The van der Waals surface area contributed by atoms with E-state index in [1.54, 1.807) is 0 Å². The molecule has 3 nitrogen and oxygen atoms in total. The smallest absolute Gasteiger partial charge is 0.0698 e. The van der Waals surface area contributed by atoms with Crippen LogP contribution in [0.1, 0.15) is 43.4 Å². The standard InChI is InChI=1S/C18H30N2O/c1-4-6-15-8-10-16(11-9-15)18(19-2)14-20-12-5-7-17(13-20)21-3/h8-11,17-19H,4-7,12-14H2,1-3H3. The van der Waals surface area contributed by atoms with E-state index in [1.807, 2.05) is 7.11 Å². The molecule has 0 aromatic heterocycles. The fourth-order valence-corrected chi connectivity index (χ4v) is 3.20. The molecule has 2 atom stereocenters. The molecule has 1 heterocycles. The minimum atomic E-state index is 0.399. The molecular formula is C18H30N2O. The molecular weight excluding hydrogens is 260 g/mol. The second-order valence-corrected chi connectivity index (χ2v) is 6.09. The van der Waals surface area contributed by atoms with Crippen molar-refractivity contribution < 1.29 is 4.74 Å². The van der Waals surface area contributed by atoms with Crippen LogP contribution in [-0.4, -0.2) is 44.8 Å². The number of hydrogen-bond acceptors (Lipinski definition) is 3. The van der Waals surface area contributed by atoms with Gasteiger partial charge in [-0.25, -0.2) is 0 Å². The first kappa shape index (κ1) is 16.5. The summed E-state index contributed by atoms with van der Waals surface area (Å²) >= 11 is 0. The number of methoxy groups -OCH3 is 1. The fourth-order valence-electron chi connectivity index (χ4n) is 3.20. The highest BCUT2D eigenvalue weighted by atomic mass is 16.5. The van der Waals surface area contributed by atoms with Crippen LogP contribution in [-0.2, 0) is 11.2 Å². The minimum absolute atomic E-state index is 0.399. The van der Waals surface area contributed by atoms with E-state index in [4.69, 9.17) is 4.74 Å². The lowest BCUT2D eigenvalue weighted by molar-refractivity contribution is 0.0283. The van der Waals surface area contributed by atoms with Crippen molar-refractivity contribution >= 4 is 0 Å². The first-order chi connectivity index (χ1) is 10.3. The number of rotatable bonds is 7. The molecule has 1 aromatic rings. The van der Waals surface area contributed by atoms with E-state index in [0.29, 0.717) is 12.1 Å². The number of hydrogen-bond donors (Lipinski definition) is 1. The normalized spacial score (nSPS) is 21.4. The van der Waals surface area contributed by atoms with Gasteiger partial charge in [-0.3, -0.25) is 4.90 Å². The van der Waals surface area contributed by atoms with Gasteiger partial charge in [-0.1, -0.05) is 37.6 Å². The van der Waals surface area contributed by atoms with Crippen LogP contribution in [0.25, 0.3) is 0 Å². The topological polar surface area (TPSA) is 24.5 Å². The Kier molecular flexibility index (Phi) is 6.68. The Morgan fingerprint density at radius 3 is 2.71 bits per heavy atom. The summed E-state index contributed by atoms with van der Waals surface area (Å²) in [6, 6.07) is 9.51. The molecule has 2 unspecified atom stereocenters. The van der Waals surface area contributed by atoms with Gasteiger partial charge in [-0.05, 0) is 44.0 Å². The summed E-state index contributed by atoms with van der Waals surface area (Å²) in [7, 11) is 3.89. The quantitative estimate of drug-likeness (QED) is 0.835. The highest BCUT2D eigenvalue weighted by Crippen LogP contribution is 2.19. The molecule has 21 heavy (non-hydrogen) atoms. The van der Waals surface area contributed by atoms with Crippen molar-refractivity contribution in [1.29, 1.82) is 0 Å². The average Bonchev–Trinajstić information content (AvgIpc) is 2.54. The van der Waals surface area contributed by atoms with E-state index in [0.717, 1.165) is 13.1 Å². The maximum Gasteiger partial charge on any atom is 0.0698 e. The lowest BCUT2D eigenvalue weighted by atomic mass is 10.0. The molecule has 0 radical (unpaired) electrons. The molecule has 0 spiro atoms. The van der Waals surface area contributed by atoms with Gasteiger partial charge in [-0.15, -0.1) is 0 Å². The van der Waals surface area contributed by atoms with E-state index < -0.39 is 0 Å². The van der Waals surface area contributed by atoms with Gasteiger partial charge < -0.3 is 10.1 Å². The highest BCUT2D eigenvalue weighted by Gasteiger charge is 2.22. The van der Waals surface area contributed by atoms with Crippen LogP contribution in [0.2, 0.25) is 0 Å². The number of likely N-dealkylation sites (tertiary alicyclic amines) is 1. The lowest BCUT2D eigenvalue weighted by Gasteiger charge is -2.34. The van der Waals surface area contributed by atoms with Crippen LogP contribution in [0.15, 0.2) is 24.3 Å². The first-order valence-corrected chi connectivity index (χ1v) is 8.28. The van der Waals surface area contributed by atoms with Gasteiger partial charge in [0.25, 0.3) is 0 Å². The summed E-state index contributed by atoms with van der Waals surface area (Å²) in [5, 5.41) is 3.47. The third-order valence-electron chi connectivity index (χ3n) is 4.51. The molecule has 0 saturated carbocycles. The SMILES string of the molecule is CCCc1ccc(C(CN2CCCC(OC)C2)NC)cc1. The van der Waals surface area contributed by atoms with E-state index >= 15 is 0 Å². The second kappa shape index (κ2) is 8.52. The summed E-state index contributed by atoms with van der Waals surface area (Å²) < 4.78 is 5.52. The lowest BCUT2D eigenvalue weighted by Crippen LogP contribution is -2.43. The van der Waals surface area contributed by atoms with Crippen LogP contribution < -0.4 is 5.32 Å². The van der Waals surface area contributed by atoms with E-state index in [2.05, 4.69) is 48.5 Å². The molecule has 1 saturated heterocycles. The van der Waals surface area contributed by atoms with Crippen LogP contribution >= 0.6 is 0 Å². The maximum atomic E-state index is 5.52. The number of piperidine rings is 1. The molecule has 1 fully saturated rings. The Morgan fingerprint density at radius 2 is 2.10 bits per heavy atom. The number of nitrogens with one attached hydrogen (secondary N) is 1. The van der Waals surface area contributed by atoms with Gasteiger partial charge in [0.1, 0.15) is 0 Å². The highest BCUT2D eigenvalue weighted by molar-refractivity contribution is 5.25. The first-order valence-electron chi connectivity index (χ1n) is 8.28. The van der Waals surface area contributed by atoms with Gasteiger partial charge in [0, 0.05) is 26.2 Å². The van der Waals surface area contributed by atoms with Crippen molar-refractivity contribution in [2.24, 2.45) is 0 Å². The second-order valence-electron chi connectivity index (χ2n) is 6.09. The summed E-state index contributed by atoms with van der Waals surface area (Å²) in [5.41, 5.74) is 2.82. The van der Waals surface area contributed by atoms with Gasteiger partial charge in [0.05, 0.1) is 6.10 Å². The summed E-state index contributed by atoms with van der Waals surface area (Å²) in [6.07, 6.45) is 5.23. The minimum Gasteiger partial charge on any atom is -0.380 e. The van der Waals surface area contributed by atoms with Gasteiger partial charge in [-0.2, -0.15) is 0 Å². The van der Waals surface area contributed by atoms with Crippen LogP contribution in [0, 0.1) is 0 Å². The molecule has 1 aliphatic heterocycles. The molecule has 118 valence electrons. The van der Waals surface area contributed by atoms with Crippen molar-refractivity contribution in [2.45, 2.75) is 44.8 Å². The largest absolute Gasteiger partial charge is 0.380 e. The Labute approximate surface area is 129 Å². The molecule has 0 bridgehead atoms. The van der Waals surface area contributed by atoms with E-state index in [-0.39, 0.29) is 0 Å². The Hall–Kier alpha value is -0.900. The molecule has 1 aromatic carbocycles. The third-order valence-corrected chi connectivity index (χ3v) is 4.51. The van der Waals surface area contributed by atoms with Gasteiger partial charge in [0.2, 0.25) is 0 Å². The number of ether oxygens (including phenoxy) is 1. The summed E-state index contributed by atoms with van der Waals surface area (Å²) in [6.45, 7) is 5.53. The molecule has 1 aliphatic rings. The zero-order valence-corrected chi connectivity index (χ0v) is 13.8. The maximum absolute atomic E-state index is 5.52. The summed E-state index contributed by atoms with van der Waals surface area (Å²) in [5.74, 6) is 0. The third kappa shape index (κ3) is 4.80. The van der Waals surface area contributed by atoms with Crippen molar-refractivity contribution in [3.63, 3.8) is 0 Å². The monoisotopic (exact) mass is 290 g/mol. The average molecular weight is 290 g/mol. The summed E-state index contributed by atoms with van der Waals surface area (Å²) in [4.78, 5) is 2.53. The number of aryl methyl sites for hydroxylation is 1. The Balaban J connectivity index is 1.95. The van der Waals surface area contributed by atoms with Crippen molar-refractivity contribution in [1.82, 2.24) is 10.2 Å². The predicted molar refractivity (Wildman–Crippen MR) is 88.7 cm³/mol. The van der Waals surface area contributed by atoms with Crippen LogP contribution in [0.5, 0.6) is 0 Å². The Bertz CT molecular complexity index is 404. The van der Waals surface area contributed by atoms with Crippen LogP contribution in [0.4, 0.5) is 0 Å². The predicted octanol–water partition coefficient (Wildman–Crippen LogP) is 3.01. The van der Waals surface area contributed by atoms with Gasteiger partial charge in [0.15, 0.2) is 0 Å². The Morgan fingerprint density at radius 1 is 1.33 bits per heavy atom. The van der Waals surface area contributed by atoms with Crippen LogP contribution in [0.3, 0.4) is 0 Å². The molecule has 3 heteroatoms. The molecule has 1 N–H and O–H groups in total. The zero-order chi connectivity index (χ0) is 15.1.